The Kier molecular flexibility index (Phi) is 7.89. The van der Waals surface area contributed by atoms with E-state index >= 15 is 0 Å². The molecule has 0 radical (unpaired) electrons. The third-order valence-corrected chi connectivity index (χ3v) is 6.70. The molecule has 1 heterocycles. The topological polar surface area (TPSA) is 41.6 Å². The Morgan fingerprint density at radius 2 is 1.56 bits per heavy atom. The molecule has 1 aliphatic rings. The van der Waals surface area contributed by atoms with Crippen molar-refractivity contribution in [2.24, 2.45) is 0 Å². The molecular weight excluding hydrogens is 420 g/mol. The van der Waals surface area contributed by atoms with Gasteiger partial charge in [-0.3, -0.25) is 4.79 Å². The standard InChI is InChI=1S/C30H36N2O2/c1-3-4-5-6-14-23-34-28-20-13-11-18-26(28)30(2)31-27-19-12-10-17-25(27)29(33)32(30)22-21-24-15-8-7-9-16-24/h7-13,15-20,31H,3-6,14,21-23H2,1-2H3. The van der Waals surface area contributed by atoms with Crippen LogP contribution in [0.5, 0.6) is 5.75 Å². The third kappa shape index (κ3) is 5.27. The van der Waals surface area contributed by atoms with Gasteiger partial charge in [0.1, 0.15) is 11.4 Å². The predicted molar refractivity (Wildman–Crippen MR) is 139 cm³/mol. The smallest absolute Gasteiger partial charge is 0.258 e. The first-order valence-electron chi connectivity index (χ1n) is 12.6. The van der Waals surface area contributed by atoms with Crippen LogP contribution < -0.4 is 10.1 Å². The Balaban J connectivity index is 1.61. The van der Waals surface area contributed by atoms with Crippen LogP contribution in [0.1, 0.15) is 67.4 Å². The molecule has 3 aromatic rings. The van der Waals surface area contributed by atoms with Gasteiger partial charge >= 0.3 is 0 Å². The molecule has 1 amide bonds. The molecule has 4 rings (SSSR count). The Bertz CT molecular complexity index is 1080. The van der Waals surface area contributed by atoms with Crippen molar-refractivity contribution in [2.75, 3.05) is 18.5 Å². The first-order chi connectivity index (χ1) is 16.6. The van der Waals surface area contributed by atoms with E-state index in [0.717, 1.165) is 29.8 Å². The fraction of sp³-hybridized carbons (Fsp3) is 0.367. The van der Waals surface area contributed by atoms with Crippen molar-refractivity contribution in [1.82, 2.24) is 4.90 Å². The minimum atomic E-state index is -0.723. The predicted octanol–water partition coefficient (Wildman–Crippen LogP) is 7.02. The maximum absolute atomic E-state index is 13.7. The second-order valence-corrected chi connectivity index (χ2v) is 9.19. The number of nitrogens with zero attached hydrogens (tertiary/aromatic N) is 1. The lowest BCUT2D eigenvalue weighted by atomic mass is 9.92. The number of nitrogens with one attached hydrogen (secondary N) is 1. The normalized spacial score (nSPS) is 17.2. The minimum absolute atomic E-state index is 0.0437. The molecule has 0 bridgehead atoms. The monoisotopic (exact) mass is 456 g/mol. The SMILES string of the molecule is CCCCCCCOc1ccccc1C1(C)Nc2ccccc2C(=O)N1CCc1ccccc1. The number of rotatable bonds is 11. The van der Waals surface area contributed by atoms with Crippen LogP contribution in [0, 0.1) is 0 Å². The molecule has 0 spiro atoms. The molecule has 1 aliphatic heterocycles. The third-order valence-electron chi connectivity index (χ3n) is 6.70. The van der Waals surface area contributed by atoms with Gasteiger partial charge in [0.25, 0.3) is 5.91 Å². The molecule has 3 aromatic carbocycles. The van der Waals surface area contributed by atoms with Crippen LogP contribution in [0.15, 0.2) is 78.9 Å². The molecule has 1 unspecified atom stereocenters. The first kappa shape index (κ1) is 23.9. The van der Waals surface area contributed by atoms with Gasteiger partial charge in [-0.2, -0.15) is 0 Å². The molecule has 0 saturated heterocycles. The number of hydrogen-bond donors (Lipinski definition) is 1. The highest BCUT2D eigenvalue weighted by atomic mass is 16.5. The maximum atomic E-state index is 13.7. The molecule has 178 valence electrons. The lowest BCUT2D eigenvalue weighted by Crippen LogP contribution is -2.56. The van der Waals surface area contributed by atoms with Crippen molar-refractivity contribution in [3.05, 3.63) is 95.6 Å². The number of carbonyl (C=O) groups excluding carboxylic acids is 1. The van der Waals surface area contributed by atoms with Crippen LogP contribution in [0.25, 0.3) is 0 Å². The van der Waals surface area contributed by atoms with Crippen LogP contribution in [0.3, 0.4) is 0 Å². The molecule has 1 atom stereocenters. The number of unbranched alkanes of at least 4 members (excludes halogenated alkanes) is 4. The van der Waals surface area contributed by atoms with Crippen molar-refractivity contribution in [2.45, 2.75) is 58.0 Å². The maximum Gasteiger partial charge on any atom is 0.258 e. The zero-order valence-electron chi connectivity index (χ0n) is 20.4. The number of benzene rings is 3. The number of hydrogen-bond acceptors (Lipinski definition) is 3. The van der Waals surface area contributed by atoms with Gasteiger partial charge in [0.05, 0.1) is 12.2 Å². The quantitative estimate of drug-likeness (QED) is 0.315. The largest absolute Gasteiger partial charge is 0.493 e. The molecular formula is C30H36N2O2. The summed E-state index contributed by atoms with van der Waals surface area (Å²) in [5.41, 5.74) is 3.05. The number of anilines is 1. The summed E-state index contributed by atoms with van der Waals surface area (Å²) in [6, 6.07) is 26.2. The van der Waals surface area contributed by atoms with Crippen molar-refractivity contribution in [1.29, 1.82) is 0 Å². The van der Waals surface area contributed by atoms with Gasteiger partial charge in [0.15, 0.2) is 0 Å². The summed E-state index contributed by atoms with van der Waals surface area (Å²) in [4.78, 5) is 15.7. The molecule has 1 N–H and O–H groups in total. The summed E-state index contributed by atoms with van der Waals surface area (Å²) in [6.45, 7) is 5.61. The summed E-state index contributed by atoms with van der Waals surface area (Å²) in [5, 5.41) is 3.69. The van der Waals surface area contributed by atoms with Gasteiger partial charge in [-0.15, -0.1) is 0 Å². The van der Waals surface area contributed by atoms with Crippen LogP contribution in [0.2, 0.25) is 0 Å². The Labute approximate surface area is 204 Å². The van der Waals surface area contributed by atoms with E-state index in [1.807, 2.05) is 65.6 Å². The molecule has 4 heteroatoms. The van der Waals surface area contributed by atoms with E-state index in [0.29, 0.717) is 18.7 Å². The number of amides is 1. The van der Waals surface area contributed by atoms with Gasteiger partial charge in [-0.05, 0) is 43.5 Å². The number of fused-ring (bicyclic) bond motifs is 1. The fourth-order valence-corrected chi connectivity index (χ4v) is 4.76. The van der Waals surface area contributed by atoms with E-state index in [2.05, 4.69) is 37.4 Å². The van der Waals surface area contributed by atoms with Crippen molar-refractivity contribution >= 4 is 11.6 Å². The summed E-state index contributed by atoms with van der Waals surface area (Å²) >= 11 is 0. The molecule has 0 aliphatic carbocycles. The van der Waals surface area contributed by atoms with Gasteiger partial charge in [0.2, 0.25) is 0 Å². The zero-order chi connectivity index (χ0) is 23.8. The lowest BCUT2D eigenvalue weighted by molar-refractivity contribution is 0.0532. The van der Waals surface area contributed by atoms with E-state index in [4.69, 9.17) is 4.74 Å². The van der Waals surface area contributed by atoms with E-state index in [-0.39, 0.29) is 5.91 Å². The second-order valence-electron chi connectivity index (χ2n) is 9.19. The molecule has 0 aromatic heterocycles. The zero-order valence-corrected chi connectivity index (χ0v) is 20.4. The summed E-state index contributed by atoms with van der Waals surface area (Å²) in [6.07, 6.45) is 6.77. The highest BCUT2D eigenvalue weighted by molar-refractivity contribution is 6.02. The fourth-order valence-electron chi connectivity index (χ4n) is 4.76. The summed E-state index contributed by atoms with van der Waals surface area (Å²) < 4.78 is 6.29. The van der Waals surface area contributed by atoms with Crippen molar-refractivity contribution < 1.29 is 9.53 Å². The van der Waals surface area contributed by atoms with E-state index < -0.39 is 5.66 Å². The Morgan fingerprint density at radius 1 is 0.853 bits per heavy atom. The highest BCUT2D eigenvalue weighted by Crippen LogP contribution is 2.41. The average Bonchev–Trinajstić information content (AvgIpc) is 2.87. The van der Waals surface area contributed by atoms with E-state index in [1.54, 1.807) is 0 Å². The second kappa shape index (κ2) is 11.2. The Hall–Kier alpha value is -3.27. The van der Waals surface area contributed by atoms with Gasteiger partial charge in [-0.1, -0.05) is 93.3 Å². The van der Waals surface area contributed by atoms with E-state index in [1.165, 1.54) is 31.2 Å². The van der Waals surface area contributed by atoms with Crippen LogP contribution >= 0.6 is 0 Å². The van der Waals surface area contributed by atoms with Gasteiger partial charge in [0, 0.05) is 17.8 Å². The molecule has 34 heavy (non-hydrogen) atoms. The molecule has 0 fully saturated rings. The van der Waals surface area contributed by atoms with Gasteiger partial charge in [-0.25, -0.2) is 0 Å². The van der Waals surface area contributed by atoms with Crippen LogP contribution in [-0.2, 0) is 12.1 Å². The van der Waals surface area contributed by atoms with Crippen molar-refractivity contribution in [3.8, 4) is 5.75 Å². The summed E-state index contributed by atoms with van der Waals surface area (Å²) in [5.74, 6) is 0.882. The first-order valence-corrected chi connectivity index (χ1v) is 12.6. The molecule has 0 saturated carbocycles. The number of carbonyl (C=O) groups is 1. The Morgan fingerprint density at radius 3 is 2.38 bits per heavy atom. The lowest BCUT2D eigenvalue weighted by Gasteiger charge is -2.47. The average molecular weight is 457 g/mol. The number of ether oxygens (including phenoxy) is 1. The minimum Gasteiger partial charge on any atom is -0.493 e. The van der Waals surface area contributed by atoms with Crippen LogP contribution in [0.4, 0.5) is 5.69 Å². The summed E-state index contributed by atoms with van der Waals surface area (Å²) in [7, 11) is 0. The van der Waals surface area contributed by atoms with E-state index in [9.17, 15) is 4.79 Å². The van der Waals surface area contributed by atoms with Gasteiger partial charge < -0.3 is 15.0 Å². The number of para-hydroxylation sites is 2. The van der Waals surface area contributed by atoms with Crippen molar-refractivity contribution in [3.63, 3.8) is 0 Å². The van der Waals surface area contributed by atoms with Crippen LogP contribution in [-0.4, -0.2) is 24.0 Å². The highest BCUT2D eigenvalue weighted by Gasteiger charge is 2.43. The molecule has 4 nitrogen and oxygen atoms in total.